The number of halogens is 1. The monoisotopic (exact) mass is 375 g/mol. The summed E-state index contributed by atoms with van der Waals surface area (Å²) in [5, 5.41) is 0. The predicted octanol–water partition coefficient (Wildman–Crippen LogP) is 2.40. The van der Waals surface area contributed by atoms with Gasteiger partial charge in [-0.15, -0.1) is 0 Å². The Hall–Kier alpha value is -0.660. The second-order valence-corrected chi connectivity index (χ2v) is 5.73. The molecular formula is C14H18INO3. The summed E-state index contributed by atoms with van der Waals surface area (Å²) in [6.07, 6.45) is 0. The Balaban J connectivity index is 2.15. The van der Waals surface area contributed by atoms with E-state index in [1.165, 1.54) is 9.13 Å². The molecule has 0 N–H and O–H groups in total. The van der Waals surface area contributed by atoms with E-state index in [9.17, 15) is 4.79 Å². The Bertz CT molecular complexity index is 466. The van der Waals surface area contributed by atoms with Crippen LogP contribution in [0, 0.1) is 3.57 Å². The molecule has 1 aliphatic heterocycles. The van der Waals surface area contributed by atoms with E-state index in [1.807, 2.05) is 17.0 Å². The van der Waals surface area contributed by atoms with Crippen LogP contribution in [0.2, 0.25) is 0 Å². The Labute approximate surface area is 127 Å². The number of carbonyl (C=O) groups is 1. The topological polar surface area (TPSA) is 38.8 Å². The van der Waals surface area contributed by atoms with Crippen molar-refractivity contribution >= 4 is 28.6 Å². The lowest BCUT2D eigenvalue weighted by Gasteiger charge is -2.31. The zero-order valence-corrected chi connectivity index (χ0v) is 13.3. The summed E-state index contributed by atoms with van der Waals surface area (Å²) >= 11 is 2.31. The summed E-state index contributed by atoms with van der Waals surface area (Å²) < 4.78 is 11.9. The fraction of sp³-hybridized carbons (Fsp3) is 0.500. The van der Waals surface area contributed by atoms with E-state index in [2.05, 4.69) is 34.7 Å². The minimum absolute atomic E-state index is 0.307. The third kappa shape index (κ3) is 3.09. The van der Waals surface area contributed by atoms with E-state index in [0.717, 1.165) is 6.54 Å². The van der Waals surface area contributed by atoms with Crippen LogP contribution in [-0.2, 0) is 20.8 Å². The van der Waals surface area contributed by atoms with Crippen molar-refractivity contribution < 1.29 is 14.3 Å². The molecule has 1 unspecified atom stereocenters. The molecule has 0 amide bonds. The maximum Gasteiger partial charge on any atom is 0.353 e. The van der Waals surface area contributed by atoms with Gasteiger partial charge in [0.15, 0.2) is 0 Å². The minimum atomic E-state index is -0.963. The molecule has 0 aliphatic carbocycles. The molecule has 0 saturated carbocycles. The maximum absolute atomic E-state index is 12.1. The van der Waals surface area contributed by atoms with Crippen molar-refractivity contribution in [1.29, 1.82) is 0 Å². The quantitative estimate of drug-likeness (QED) is 0.599. The summed E-state index contributed by atoms with van der Waals surface area (Å²) in [5.41, 5.74) is 0.235. The van der Waals surface area contributed by atoms with Crippen molar-refractivity contribution in [2.75, 3.05) is 19.8 Å². The number of benzene rings is 1. The summed E-state index contributed by atoms with van der Waals surface area (Å²) in [7, 11) is 0. The Morgan fingerprint density at radius 2 is 2.26 bits per heavy atom. The highest BCUT2D eigenvalue weighted by atomic mass is 127. The van der Waals surface area contributed by atoms with E-state index >= 15 is 0 Å². The molecule has 1 heterocycles. The largest absolute Gasteiger partial charge is 0.463 e. The molecule has 1 atom stereocenters. The van der Waals surface area contributed by atoms with Gasteiger partial charge in [-0.1, -0.05) is 18.2 Å². The van der Waals surface area contributed by atoms with Gasteiger partial charge in [-0.05, 0) is 48.1 Å². The number of hydrogen-bond acceptors (Lipinski definition) is 4. The fourth-order valence-corrected chi connectivity index (χ4v) is 2.73. The van der Waals surface area contributed by atoms with Crippen LogP contribution in [-0.4, -0.2) is 36.4 Å². The molecule has 1 fully saturated rings. The zero-order valence-electron chi connectivity index (χ0n) is 11.2. The Kier molecular flexibility index (Phi) is 4.81. The lowest BCUT2D eigenvalue weighted by Crippen LogP contribution is -2.49. The van der Waals surface area contributed by atoms with Gasteiger partial charge in [0.05, 0.1) is 13.2 Å². The SMILES string of the molecule is CCOC(=O)C1(C)OCCN1Cc1ccccc1I. The number of rotatable bonds is 4. The molecule has 0 spiro atoms. The van der Waals surface area contributed by atoms with Crippen LogP contribution in [0.25, 0.3) is 0 Å². The lowest BCUT2D eigenvalue weighted by atomic mass is 10.1. The summed E-state index contributed by atoms with van der Waals surface area (Å²) in [4.78, 5) is 14.1. The molecule has 1 aromatic carbocycles. The molecular weight excluding hydrogens is 357 g/mol. The van der Waals surface area contributed by atoms with Crippen LogP contribution in [0.1, 0.15) is 19.4 Å². The van der Waals surface area contributed by atoms with E-state index in [4.69, 9.17) is 9.47 Å². The second kappa shape index (κ2) is 6.19. The number of hydrogen-bond donors (Lipinski definition) is 0. The van der Waals surface area contributed by atoms with Gasteiger partial charge < -0.3 is 9.47 Å². The molecule has 5 heteroatoms. The van der Waals surface area contributed by atoms with Crippen molar-refractivity contribution in [2.24, 2.45) is 0 Å². The molecule has 104 valence electrons. The fourth-order valence-electron chi connectivity index (χ4n) is 2.17. The Morgan fingerprint density at radius 3 is 2.95 bits per heavy atom. The van der Waals surface area contributed by atoms with Crippen molar-refractivity contribution in [3.8, 4) is 0 Å². The second-order valence-electron chi connectivity index (χ2n) is 4.56. The van der Waals surface area contributed by atoms with Crippen LogP contribution >= 0.6 is 22.6 Å². The van der Waals surface area contributed by atoms with E-state index in [0.29, 0.717) is 19.8 Å². The lowest BCUT2D eigenvalue weighted by molar-refractivity contribution is -0.179. The van der Waals surface area contributed by atoms with Gasteiger partial charge in [-0.3, -0.25) is 4.90 Å². The molecule has 1 aromatic rings. The van der Waals surface area contributed by atoms with Crippen LogP contribution < -0.4 is 0 Å². The van der Waals surface area contributed by atoms with Crippen LogP contribution in [0.15, 0.2) is 24.3 Å². The van der Waals surface area contributed by atoms with Gasteiger partial charge in [0.1, 0.15) is 0 Å². The van der Waals surface area contributed by atoms with Gasteiger partial charge in [-0.25, -0.2) is 4.79 Å². The zero-order chi connectivity index (χ0) is 13.9. The molecule has 1 aliphatic rings. The number of ether oxygens (including phenoxy) is 2. The summed E-state index contributed by atoms with van der Waals surface area (Å²) in [6, 6.07) is 8.16. The molecule has 0 aromatic heterocycles. The van der Waals surface area contributed by atoms with Crippen molar-refractivity contribution in [2.45, 2.75) is 26.1 Å². The summed E-state index contributed by atoms with van der Waals surface area (Å²) in [6.45, 7) is 5.94. The van der Waals surface area contributed by atoms with Gasteiger partial charge in [0.2, 0.25) is 5.72 Å². The highest BCUT2D eigenvalue weighted by molar-refractivity contribution is 14.1. The van der Waals surface area contributed by atoms with Gasteiger partial charge >= 0.3 is 5.97 Å². The third-order valence-electron chi connectivity index (χ3n) is 3.32. The van der Waals surface area contributed by atoms with E-state index in [-0.39, 0.29) is 5.97 Å². The third-order valence-corrected chi connectivity index (χ3v) is 4.37. The maximum atomic E-state index is 12.1. The molecule has 0 radical (unpaired) electrons. The first kappa shape index (κ1) is 14.7. The predicted molar refractivity (Wildman–Crippen MR) is 80.6 cm³/mol. The standard InChI is InChI=1S/C14H18INO3/c1-3-18-13(17)14(2)16(8-9-19-14)10-11-6-4-5-7-12(11)15/h4-7H,3,8-10H2,1-2H3. The van der Waals surface area contributed by atoms with E-state index in [1.54, 1.807) is 13.8 Å². The van der Waals surface area contributed by atoms with Gasteiger partial charge in [-0.2, -0.15) is 0 Å². The molecule has 19 heavy (non-hydrogen) atoms. The van der Waals surface area contributed by atoms with Crippen molar-refractivity contribution in [1.82, 2.24) is 4.90 Å². The number of nitrogens with zero attached hydrogens (tertiary/aromatic N) is 1. The Morgan fingerprint density at radius 1 is 1.53 bits per heavy atom. The average Bonchev–Trinajstić information content (AvgIpc) is 2.76. The summed E-state index contributed by atoms with van der Waals surface area (Å²) in [5.74, 6) is -0.307. The first-order valence-electron chi connectivity index (χ1n) is 6.37. The first-order chi connectivity index (χ1) is 9.08. The molecule has 0 bridgehead atoms. The number of carbonyl (C=O) groups excluding carboxylic acids is 1. The average molecular weight is 375 g/mol. The first-order valence-corrected chi connectivity index (χ1v) is 7.45. The highest BCUT2D eigenvalue weighted by Gasteiger charge is 2.46. The minimum Gasteiger partial charge on any atom is -0.463 e. The molecule has 2 rings (SSSR count). The van der Waals surface area contributed by atoms with Crippen LogP contribution in [0.4, 0.5) is 0 Å². The van der Waals surface area contributed by atoms with Crippen molar-refractivity contribution in [3.05, 3.63) is 33.4 Å². The normalized spacial score (nSPS) is 23.5. The highest BCUT2D eigenvalue weighted by Crippen LogP contribution is 2.27. The van der Waals surface area contributed by atoms with Gasteiger partial charge in [0.25, 0.3) is 0 Å². The molecule has 4 nitrogen and oxygen atoms in total. The number of esters is 1. The van der Waals surface area contributed by atoms with Crippen LogP contribution in [0.5, 0.6) is 0 Å². The van der Waals surface area contributed by atoms with Crippen molar-refractivity contribution in [3.63, 3.8) is 0 Å². The van der Waals surface area contributed by atoms with Crippen LogP contribution in [0.3, 0.4) is 0 Å². The van der Waals surface area contributed by atoms with E-state index < -0.39 is 5.72 Å². The smallest absolute Gasteiger partial charge is 0.353 e. The molecule has 1 saturated heterocycles. The van der Waals surface area contributed by atoms with Gasteiger partial charge in [0, 0.05) is 16.7 Å².